The first kappa shape index (κ1) is 57.6. The van der Waals surface area contributed by atoms with E-state index in [-0.39, 0.29) is 18.9 Å². The maximum Gasteiger partial charge on any atom is 0.220 e. The normalized spacial score (nSPS) is 27.7. The van der Waals surface area contributed by atoms with Crippen LogP contribution in [0.25, 0.3) is 0 Å². The Morgan fingerprint density at radius 3 is 1.56 bits per heavy atom. The molecule has 12 atom stereocenters. The molecule has 0 spiro atoms. The summed E-state index contributed by atoms with van der Waals surface area (Å²) in [6.07, 6.45) is 22.2. The molecule has 2 heterocycles. The monoisotopic (exact) mass is 902 g/mol. The molecule has 1 amide bonds. The molecule has 2 rings (SSSR count). The van der Waals surface area contributed by atoms with Crippen LogP contribution in [0.2, 0.25) is 0 Å². The van der Waals surface area contributed by atoms with Gasteiger partial charge in [-0.25, -0.2) is 0 Å². The number of unbranched alkanes of at least 4 members (excludes halogenated alkanes) is 23. The molecule has 2 saturated heterocycles. The van der Waals surface area contributed by atoms with Crippen LogP contribution in [0.1, 0.15) is 187 Å². The Balaban J connectivity index is 1.88. The molecule has 0 radical (unpaired) electrons. The zero-order valence-electron chi connectivity index (χ0n) is 39.1. The molecule has 2 fully saturated rings. The highest BCUT2D eigenvalue weighted by atomic mass is 16.7. The average Bonchev–Trinajstić information content (AvgIpc) is 3.28. The Morgan fingerprint density at radius 2 is 1.02 bits per heavy atom. The second kappa shape index (κ2) is 36.6. The lowest BCUT2D eigenvalue weighted by Crippen LogP contribution is -2.65. The topological polar surface area (TPSA) is 228 Å². The number of hydrogen-bond acceptors (Lipinski definition) is 13. The first-order chi connectivity index (χ1) is 30.6. The molecule has 0 aromatic rings. The maximum absolute atomic E-state index is 13.1. The molecule has 0 saturated carbocycles. The van der Waals surface area contributed by atoms with Crippen LogP contribution < -0.4 is 5.32 Å². The number of carbonyl (C=O) groups is 1. The van der Waals surface area contributed by atoms with Gasteiger partial charge in [-0.05, 0) is 32.1 Å². The second-order valence-electron chi connectivity index (χ2n) is 17.9. The van der Waals surface area contributed by atoms with Gasteiger partial charge < -0.3 is 65.1 Å². The molecule has 0 aliphatic carbocycles. The minimum atomic E-state index is -1.79. The summed E-state index contributed by atoms with van der Waals surface area (Å²) in [4.78, 5) is 13.1. The van der Waals surface area contributed by atoms with Crippen molar-refractivity contribution in [2.24, 2.45) is 0 Å². The minimum Gasteiger partial charge on any atom is -0.394 e. The molecule has 370 valence electrons. The van der Waals surface area contributed by atoms with Crippen molar-refractivity contribution in [2.75, 3.05) is 19.8 Å². The van der Waals surface area contributed by atoms with E-state index in [9.17, 15) is 45.6 Å². The van der Waals surface area contributed by atoms with E-state index in [0.717, 1.165) is 32.1 Å². The van der Waals surface area contributed by atoms with Crippen molar-refractivity contribution in [3.05, 3.63) is 24.3 Å². The van der Waals surface area contributed by atoms with Crippen LogP contribution in [-0.2, 0) is 23.7 Å². The number of aliphatic hydroxyl groups excluding tert-OH is 8. The fraction of sp³-hybridized carbons (Fsp3) is 0.898. The number of ether oxygens (including phenoxy) is 4. The SMILES string of the molecule is CCCCCCCCCC/C=C/CC/C=C/C(O)C(COC1OC(CO)C(OC2OC(CO)C(O)C(O)C2O)C(O)C1O)NC(=O)CCCCCCCCCCCCCCCCC. The van der Waals surface area contributed by atoms with E-state index in [1.165, 1.54) is 122 Å². The van der Waals surface area contributed by atoms with Gasteiger partial charge in [-0.2, -0.15) is 0 Å². The Labute approximate surface area is 379 Å². The van der Waals surface area contributed by atoms with Crippen molar-refractivity contribution in [3.8, 4) is 0 Å². The van der Waals surface area contributed by atoms with Gasteiger partial charge in [0.2, 0.25) is 5.91 Å². The van der Waals surface area contributed by atoms with E-state index in [4.69, 9.17) is 18.9 Å². The fourth-order valence-corrected chi connectivity index (χ4v) is 8.25. The summed E-state index contributed by atoms with van der Waals surface area (Å²) in [5.41, 5.74) is 0. The molecule has 12 unspecified atom stereocenters. The third-order valence-electron chi connectivity index (χ3n) is 12.4. The van der Waals surface area contributed by atoms with Gasteiger partial charge >= 0.3 is 0 Å². The average molecular weight is 902 g/mol. The molecule has 2 aliphatic heterocycles. The number of rotatable bonds is 38. The third-order valence-corrected chi connectivity index (χ3v) is 12.4. The molecule has 14 nitrogen and oxygen atoms in total. The Kier molecular flexibility index (Phi) is 33.4. The summed E-state index contributed by atoms with van der Waals surface area (Å²) in [6, 6.07) is -0.925. The van der Waals surface area contributed by atoms with E-state index in [1.807, 2.05) is 6.08 Å². The van der Waals surface area contributed by atoms with Gasteiger partial charge in [0, 0.05) is 6.42 Å². The van der Waals surface area contributed by atoms with E-state index < -0.39 is 86.8 Å². The molecule has 2 aliphatic rings. The smallest absolute Gasteiger partial charge is 0.220 e. The van der Waals surface area contributed by atoms with Crippen molar-refractivity contribution in [2.45, 2.75) is 261 Å². The fourth-order valence-electron chi connectivity index (χ4n) is 8.25. The highest BCUT2D eigenvalue weighted by Gasteiger charge is 2.51. The van der Waals surface area contributed by atoms with Gasteiger partial charge in [-0.1, -0.05) is 173 Å². The van der Waals surface area contributed by atoms with Crippen molar-refractivity contribution >= 4 is 5.91 Å². The van der Waals surface area contributed by atoms with Gasteiger partial charge in [0.05, 0.1) is 32.0 Å². The molecule has 9 N–H and O–H groups in total. The number of aliphatic hydroxyl groups is 8. The van der Waals surface area contributed by atoms with Crippen LogP contribution in [0.3, 0.4) is 0 Å². The summed E-state index contributed by atoms with van der Waals surface area (Å²) in [7, 11) is 0. The summed E-state index contributed by atoms with van der Waals surface area (Å²) >= 11 is 0. The number of amides is 1. The van der Waals surface area contributed by atoms with Crippen molar-refractivity contribution in [1.82, 2.24) is 5.32 Å². The lowest BCUT2D eigenvalue weighted by molar-refractivity contribution is -0.359. The van der Waals surface area contributed by atoms with Crippen molar-refractivity contribution < 1.29 is 64.6 Å². The van der Waals surface area contributed by atoms with Gasteiger partial charge in [0.1, 0.15) is 48.8 Å². The summed E-state index contributed by atoms with van der Waals surface area (Å²) < 4.78 is 22.7. The third kappa shape index (κ3) is 24.2. The Bertz CT molecular complexity index is 1160. The molecule has 0 aromatic carbocycles. The highest BCUT2D eigenvalue weighted by molar-refractivity contribution is 5.76. The number of allylic oxidation sites excluding steroid dienone is 3. The first-order valence-corrected chi connectivity index (χ1v) is 25.1. The lowest BCUT2D eigenvalue weighted by Gasteiger charge is -2.46. The summed E-state index contributed by atoms with van der Waals surface area (Å²) in [5.74, 6) is -0.249. The van der Waals surface area contributed by atoms with Gasteiger partial charge in [-0.15, -0.1) is 0 Å². The van der Waals surface area contributed by atoms with Crippen LogP contribution in [0.15, 0.2) is 24.3 Å². The Morgan fingerprint density at radius 1 is 0.556 bits per heavy atom. The van der Waals surface area contributed by atoms with E-state index >= 15 is 0 Å². The zero-order valence-corrected chi connectivity index (χ0v) is 39.1. The number of hydrogen-bond donors (Lipinski definition) is 9. The Hall–Kier alpha value is -1.53. The molecule has 0 aromatic heterocycles. The maximum atomic E-state index is 13.1. The van der Waals surface area contributed by atoms with Crippen molar-refractivity contribution in [3.63, 3.8) is 0 Å². The molecule has 14 heteroatoms. The highest BCUT2D eigenvalue weighted by Crippen LogP contribution is 2.30. The quantitative estimate of drug-likeness (QED) is 0.0250. The lowest BCUT2D eigenvalue weighted by atomic mass is 9.97. The number of carbonyl (C=O) groups excluding carboxylic acids is 1. The van der Waals surface area contributed by atoms with E-state index in [0.29, 0.717) is 12.8 Å². The van der Waals surface area contributed by atoms with Crippen LogP contribution in [0.4, 0.5) is 0 Å². The molecule has 63 heavy (non-hydrogen) atoms. The van der Waals surface area contributed by atoms with Crippen LogP contribution in [0.5, 0.6) is 0 Å². The minimum absolute atomic E-state index is 0.249. The van der Waals surface area contributed by atoms with Crippen LogP contribution >= 0.6 is 0 Å². The van der Waals surface area contributed by atoms with Crippen LogP contribution in [-0.4, -0.2) is 140 Å². The van der Waals surface area contributed by atoms with E-state index in [1.54, 1.807) is 6.08 Å². The molecular weight excluding hydrogens is 811 g/mol. The zero-order chi connectivity index (χ0) is 46.1. The van der Waals surface area contributed by atoms with E-state index in [2.05, 4.69) is 31.3 Å². The van der Waals surface area contributed by atoms with Gasteiger partial charge in [0.15, 0.2) is 12.6 Å². The predicted molar refractivity (Wildman–Crippen MR) is 245 cm³/mol. The van der Waals surface area contributed by atoms with Crippen molar-refractivity contribution in [1.29, 1.82) is 0 Å². The summed E-state index contributed by atoms with van der Waals surface area (Å²) in [5, 5.41) is 86.6. The number of nitrogens with one attached hydrogen (secondary N) is 1. The molecule has 0 bridgehead atoms. The van der Waals surface area contributed by atoms with Crippen LogP contribution in [0, 0.1) is 0 Å². The molecular formula is C49H91NO13. The second-order valence-corrected chi connectivity index (χ2v) is 17.9. The van der Waals surface area contributed by atoms with Gasteiger partial charge in [-0.3, -0.25) is 4.79 Å². The summed E-state index contributed by atoms with van der Waals surface area (Å²) in [6.45, 7) is 2.76. The largest absolute Gasteiger partial charge is 0.394 e. The standard InChI is InChI=1S/C49H91NO13/c1-3-5-7-9-11-13-15-17-19-21-23-25-27-29-31-33-41(54)50-37(38(53)32-30-28-26-24-22-20-18-16-14-12-10-8-6-4-2)36-60-48-46(59)44(57)47(40(35-52)62-48)63-49-45(58)43(56)42(55)39(34-51)61-49/h22,24,30,32,37-40,42-49,51-53,55-59H,3-21,23,25-29,31,33-36H2,1-2H3,(H,50,54)/b24-22+,32-30+. The first-order valence-electron chi connectivity index (χ1n) is 25.1. The predicted octanol–water partition coefficient (Wildman–Crippen LogP) is 6.16. The van der Waals surface area contributed by atoms with Gasteiger partial charge in [0.25, 0.3) is 0 Å².